The number of nitrogens with one attached hydrogen (secondary N) is 1. The zero-order chi connectivity index (χ0) is 23.8. The molecule has 0 aliphatic heterocycles. The van der Waals surface area contributed by atoms with Gasteiger partial charge in [-0.15, -0.1) is 0 Å². The molecule has 0 aromatic heterocycles. The van der Waals surface area contributed by atoms with Crippen LogP contribution in [0, 0.1) is 6.92 Å². The standard InChI is InChI=1S/C23H21BrN2O6S/c1-16-6-9-20(10-7-16)33(28,29)32-21-11-8-17(12-22(21)30-2)14-25-26-23(27)15-31-19-5-3-4-18(24)13-19/h3-14H,15H2,1-2H3,(H,26,27)/b25-14+. The number of benzene rings is 3. The number of halogens is 1. The molecule has 1 N–H and O–H groups in total. The quantitative estimate of drug-likeness (QED) is 0.253. The molecular formula is C23H21BrN2O6S. The topological polar surface area (TPSA) is 103 Å². The van der Waals surface area contributed by atoms with Gasteiger partial charge in [-0.2, -0.15) is 13.5 Å². The average Bonchev–Trinajstić information content (AvgIpc) is 2.79. The third kappa shape index (κ3) is 7.06. The van der Waals surface area contributed by atoms with E-state index in [4.69, 9.17) is 13.7 Å². The fourth-order valence-corrected chi connectivity index (χ4v) is 3.94. The van der Waals surface area contributed by atoms with Crippen LogP contribution in [0.15, 0.2) is 81.2 Å². The predicted molar refractivity (Wildman–Crippen MR) is 127 cm³/mol. The van der Waals surface area contributed by atoms with Crippen molar-refractivity contribution in [3.05, 3.63) is 82.3 Å². The summed E-state index contributed by atoms with van der Waals surface area (Å²) in [5.41, 5.74) is 3.85. The van der Waals surface area contributed by atoms with Crippen LogP contribution in [0.3, 0.4) is 0 Å². The van der Waals surface area contributed by atoms with Crippen LogP contribution in [-0.4, -0.2) is 34.3 Å². The number of carbonyl (C=O) groups is 1. The van der Waals surface area contributed by atoms with E-state index in [2.05, 4.69) is 26.5 Å². The molecule has 0 atom stereocenters. The molecule has 0 saturated carbocycles. The first-order chi connectivity index (χ1) is 15.8. The first kappa shape index (κ1) is 24.3. The molecule has 0 spiro atoms. The smallest absolute Gasteiger partial charge is 0.339 e. The van der Waals surface area contributed by atoms with Gasteiger partial charge in [0.15, 0.2) is 18.1 Å². The minimum atomic E-state index is -4.02. The first-order valence-corrected chi connectivity index (χ1v) is 11.9. The zero-order valence-electron chi connectivity index (χ0n) is 17.8. The fourth-order valence-electron chi connectivity index (χ4n) is 2.62. The lowest BCUT2D eigenvalue weighted by molar-refractivity contribution is -0.123. The van der Waals surface area contributed by atoms with Crippen molar-refractivity contribution in [2.75, 3.05) is 13.7 Å². The molecule has 0 aliphatic rings. The largest absolute Gasteiger partial charge is 0.493 e. The second-order valence-corrected chi connectivity index (χ2v) is 9.26. The average molecular weight is 533 g/mol. The number of nitrogens with zero attached hydrogens (tertiary/aromatic N) is 1. The summed E-state index contributed by atoms with van der Waals surface area (Å²) < 4.78 is 41.8. The summed E-state index contributed by atoms with van der Waals surface area (Å²) >= 11 is 3.33. The van der Waals surface area contributed by atoms with Crippen LogP contribution in [0.25, 0.3) is 0 Å². The number of rotatable bonds is 9. The maximum Gasteiger partial charge on any atom is 0.339 e. The molecule has 0 heterocycles. The number of carbonyl (C=O) groups excluding carboxylic acids is 1. The highest BCUT2D eigenvalue weighted by molar-refractivity contribution is 9.10. The third-order valence-corrected chi connectivity index (χ3v) is 6.01. The van der Waals surface area contributed by atoms with E-state index in [9.17, 15) is 13.2 Å². The van der Waals surface area contributed by atoms with Crippen LogP contribution in [0.5, 0.6) is 17.2 Å². The van der Waals surface area contributed by atoms with Gasteiger partial charge >= 0.3 is 10.1 Å². The van der Waals surface area contributed by atoms with Gasteiger partial charge in [-0.05, 0) is 61.0 Å². The predicted octanol–water partition coefficient (Wildman–Crippen LogP) is 4.06. The van der Waals surface area contributed by atoms with Crippen LogP contribution in [0.2, 0.25) is 0 Å². The molecule has 0 saturated heterocycles. The van der Waals surface area contributed by atoms with Crippen molar-refractivity contribution >= 4 is 38.2 Å². The molecule has 0 unspecified atom stereocenters. The Morgan fingerprint density at radius 2 is 1.82 bits per heavy atom. The van der Waals surface area contributed by atoms with Crippen LogP contribution < -0.4 is 19.1 Å². The molecule has 1 amide bonds. The highest BCUT2D eigenvalue weighted by Gasteiger charge is 2.19. The molecular weight excluding hydrogens is 512 g/mol. The van der Waals surface area contributed by atoms with Crippen LogP contribution in [-0.2, 0) is 14.9 Å². The van der Waals surface area contributed by atoms with Gasteiger partial charge in [0.2, 0.25) is 0 Å². The maximum absolute atomic E-state index is 12.5. The fraction of sp³-hybridized carbons (Fsp3) is 0.130. The summed E-state index contributed by atoms with van der Waals surface area (Å²) in [5.74, 6) is 0.326. The highest BCUT2D eigenvalue weighted by Crippen LogP contribution is 2.30. The number of hydrogen-bond acceptors (Lipinski definition) is 7. The van der Waals surface area contributed by atoms with Crippen LogP contribution in [0.1, 0.15) is 11.1 Å². The van der Waals surface area contributed by atoms with E-state index >= 15 is 0 Å². The van der Waals surface area contributed by atoms with Gasteiger partial charge in [-0.1, -0.05) is 39.7 Å². The number of ether oxygens (including phenoxy) is 2. The van der Waals surface area contributed by atoms with Crippen molar-refractivity contribution in [2.45, 2.75) is 11.8 Å². The van der Waals surface area contributed by atoms with Gasteiger partial charge in [-0.3, -0.25) is 4.79 Å². The second kappa shape index (κ2) is 11.0. The normalized spacial score (nSPS) is 11.2. The van der Waals surface area contributed by atoms with Gasteiger partial charge in [-0.25, -0.2) is 5.43 Å². The highest BCUT2D eigenvalue weighted by atomic mass is 79.9. The van der Waals surface area contributed by atoms with Crippen LogP contribution >= 0.6 is 15.9 Å². The number of aryl methyl sites for hydroxylation is 1. The van der Waals surface area contributed by atoms with Crippen molar-refractivity contribution in [1.82, 2.24) is 5.43 Å². The van der Waals surface area contributed by atoms with Crippen molar-refractivity contribution < 1.29 is 26.9 Å². The minimum Gasteiger partial charge on any atom is -0.493 e. The number of amides is 1. The molecule has 10 heteroatoms. The monoisotopic (exact) mass is 532 g/mol. The molecule has 3 aromatic rings. The van der Waals surface area contributed by atoms with E-state index in [1.54, 1.807) is 36.4 Å². The number of methoxy groups -OCH3 is 1. The Morgan fingerprint density at radius 1 is 1.06 bits per heavy atom. The number of hydrazone groups is 1. The lowest BCUT2D eigenvalue weighted by Crippen LogP contribution is -2.24. The molecule has 3 rings (SSSR count). The summed E-state index contributed by atoms with van der Waals surface area (Å²) in [7, 11) is -2.63. The molecule has 0 bridgehead atoms. The van der Waals surface area contributed by atoms with E-state index in [0.29, 0.717) is 11.3 Å². The third-order valence-electron chi connectivity index (χ3n) is 4.27. The Bertz CT molecular complexity index is 1260. The summed E-state index contributed by atoms with van der Waals surface area (Å²) in [4.78, 5) is 11.9. The minimum absolute atomic E-state index is 0.0293. The Kier molecular flexibility index (Phi) is 8.07. The van der Waals surface area contributed by atoms with Gasteiger partial charge in [0.05, 0.1) is 13.3 Å². The van der Waals surface area contributed by atoms with Crippen molar-refractivity contribution in [1.29, 1.82) is 0 Å². The van der Waals surface area contributed by atoms with Crippen molar-refractivity contribution in [3.8, 4) is 17.2 Å². The molecule has 172 valence electrons. The molecule has 0 aliphatic carbocycles. The second-order valence-electron chi connectivity index (χ2n) is 6.80. The zero-order valence-corrected chi connectivity index (χ0v) is 20.2. The first-order valence-electron chi connectivity index (χ1n) is 9.66. The molecule has 0 radical (unpaired) electrons. The van der Waals surface area contributed by atoms with Gasteiger partial charge in [0.25, 0.3) is 5.91 Å². The van der Waals surface area contributed by atoms with Crippen molar-refractivity contribution in [3.63, 3.8) is 0 Å². The molecule has 8 nitrogen and oxygen atoms in total. The Morgan fingerprint density at radius 3 is 2.52 bits per heavy atom. The lowest BCUT2D eigenvalue weighted by atomic mass is 10.2. The van der Waals surface area contributed by atoms with Gasteiger partial charge in [0.1, 0.15) is 10.6 Å². The van der Waals surface area contributed by atoms with E-state index in [1.165, 1.54) is 37.6 Å². The lowest BCUT2D eigenvalue weighted by Gasteiger charge is -2.11. The van der Waals surface area contributed by atoms with Gasteiger partial charge < -0.3 is 13.7 Å². The van der Waals surface area contributed by atoms with E-state index in [1.807, 2.05) is 13.0 Å². The Labute approximate surface area is 200 Å². The van der Waals surface area contributed by atoms with E-state index in [-0.39, 0.29) is 23.0 Å². The number of hydrogen-bond donors (Lipinski definition) is 1. The molecule has 33 heavy (non-hydrogen) atoms. The van der Waals surface area contributed by atoms with E-state index < -0.39 is 16.0 Å². The van der Waals surface area contributed by atoms with E-state index in [0.717, 1.165) is 10.0 Å². The summed E-state index contributed by atoms with van der Waals surface area (Å²) in [6.07, 6.45) is 1.39. The van der Waals surface area contributed by atoms with Crippen LogP contribution in [0.4, 0.5) is 0 Å². The molecule has 0 fully saturated rings. The molecule has 3 aromatic carbocycles. The van der Waals surface area contributed by atoms with Crippen molar-refractivity contribution in [2.24, 2.45) is 5.10 Å². The summed E-state index contributed by atoms with van der Waals surface area (Å²) in [5, 5.41) is 3.88. The Hall–Kier alpha value is -3.37. The SMILES string of the molecule is COc1cc(/C=N/NC(=O)COc2cccc(Br)c2)ccc1OS(=O)(=O)c1ccc(C)cc1. The maximum atomic E-state index is 12.5. The Balaban J connectivity index is 1.61. The summed E-state index contributed by atoms with van der Waals surface area (Å²) in [6.45, 7) is 1.65. The summed E-state index contributed by atoms with van der Waals surface area (Å²) in [6, 6.07) is 18.0. The van der Waals surface area contributed by atoms with Gasteiger partial charge in [0, 0.05) is 4.47 Å².